The minimum atomic E-state index is -0.774. The highest BCUT2D eigenvalue weighted by molar-refractivity contribution is 5.97. The molecule has 0 aliphatic carbocycles. The number of phenolic OH excluding ortho intramolecular Hbond substituents is 1. The third-order valence-electron chi connectivity index (χ3n) is 3.35. The summed E-state index contributed by atoms with van der Waals surface area (Å²) in [5.74, 6) is 0.152. The SMILES string of the molecule is CCC1(O)CN(C(=O)c2cc(OC)ccc2O)C1. The van der Waals surface area contributed by atoms with Gasteiger partial charge in [0, 0.05) is 0 Å². The van der Waals surface area contributed by atoms with E-state index in [1.165, 1.54) is 24.1 Å². The number of hydrogen-bond acceptors (Lipinski definition) is 4. The van der Waals surface area contributed by atoms with Gasteiger partial charge in [0.2, 0.25) is 0 Å². The number of carbonyl (C=O) groups is 1. The van der Waals surface area contributed by atoms with Crippen molar-refractivity contribution in [2.24, 2.45) is 0 Å². The zero-order valence-corrected chi connectivity index (χ0v) is 10.5. The molecule has 1 saturated heterocycles. The van der Waals surface area contributed by atoms with Crippen molar-refractivity contribution < 1.29 is 19.7 Å². The van der Waals surface area contributed by atoms with E-state index >= 15 is 0 Å². The molecule has 0 aromatic heterocycles. The Balaban J connectivity index is 2.15. The van der Waals surface area contributed by atoms with Crippen LogP contribution >= 0.6 is 0 Å². The van der Waals surface area contributed by atoms with Crippen molar-refractivity contribution in [3.05, 3.63) is 23.8 Å². The van der Waals surface area contributed by atoms with E-state index in [2.05, 4.69) is 0 Å². The number of amides is 1. The standard InChI is InChI=1S/C13H17NO4/c1-3-13(17)7-14(8-13)12(16)10-6-9(18-2)4-5-11(10)15/h4-6,15,17H,3,7-8H2,1-2H3. The summed E-state index contributed by atoms with van der Waals surface area (Å²) in [5.41, 5.74) is -0.572. The van der Waals surface area contributed by atoms with Crippen LogP contribution in [0.1, 0.15) is 23.7 Å². The molecule has 2 rings (SSSR count). The molecular weight excluding hydrogens is 234 g/mol. The van der Waals surface area contributed by atoms with E-state index < -0.39 is 5.60 Å². The van der Waals surface area contributed by atoms with E-state index in [4.69, 9.17) is 4.74 Å². The largest absolute Gasteiger partial charge is 0.507 e. The van der Waals surface area contributed by atoms with E-state index in [1.807, 2.05) is 6.92 Å². The maximum Gasteiger partial charge on any atom is 0.257 e. The van der Waals surface area contributed by atoms with Gasteiger partial charge in [0.05, 0.1) is 31.4 Å². The highest BCUT2D eigenvalue weighted by Gasteiger charge is 2.42. The molecule has 0 unspecified atom stereocenters. The maximum absolute atomic E-state index is 12.1. The smallest absolute Gasteiger partial charge is 0.257 e. The predicted molar refractivity (Wildman–Crippen MR) is 65.8 cm³/mol. The van der Waals surface area contributed by atoms with Crippen molar-refractivity contribution in [3.8, 4) is 11.5 Å². The normalized spacial score (nSPS) is 17.2. The number of β-amino-alcohol motifs (C(OH)–C–C–N with tert-alkyl or cyclic N) is 1. The molecule has 0 spiro atoms. The van der Waals surface area contributed by atoms with Crippen molar-refractivity contribution in [1.82, 2.24) is 4.90 Å². The Labute approximate surface area is 106 Å². The molecule has 1 heterocycles. The molecule has 18 heavy (non-hydrogen) atoms. The van der Waals surface area contributed by atoms with E-state index in [0.717, 1.165) is 0 Å². The van der Waals surface area contributed by atoms with E-state index in [-0.39, 0.29) is 17.2 Å². The highest BCUT2D eigenvalue weighted by Crippen LogP contribution is 2.29. The summed E-state index contributed by atoms with van der Waals surface area (Å²) < 4.78 is 5.02. The first kappa shape index (κ1) is 12.7. The Morgan fingerprint density at radius 1 is 1.50 bits per heavy atom. The summed E-state index contributed by atoms with van der Waals surface area (Å²) in [6, 6.07) is 4.52. The Hall–Kier alpha value is -1.75. The van der Waals surface area contributed by atoms with Crippen molar-refractivity contribution in [2.45, 2.75) is 18.9 Å². The Kier molecular flexibility index (Phi) is 3.17. The zero-order chi connectivity index (χ0) is 13.3. The average Bonchev–Trinajstić information content (AvgIpc) is 2.35. The number of hydrogen-bond donors (Lipinski definition) is 2. The molecule has 98 valence electrons. The van der Waals surface area contributed by atoms with Gasteiger partial charge in [-0.3, -0.25) is 4.79 Å². The molecule has 1 amide bonds. The van der Waals surface area contributed by atoms with Crippen LogP contribution in [0, 0.1) is 0 Å². The van der Waals surface area contributed by atoms with Gasteiger partial charge >= 0.3 is 0 Å². The van der Waals surface area contributed by atoms with Crippen LogP contribution in [0.5, 0.6) is 11.5 Å². The molecule has 1 aromatic rings. The van der Waals surface area contributed by atoms with E-state index in [9.17, 15) is 15.0 Å². The fourth-order valence-corrected chi connectivity index (χ4v) is 2.02. The van der Waals surface area contributed by atoms with Crippen LogP contribution in [0.4, 0.5) is 0 Å². The third kappa shape index (κ3) is 2.13. The first-order chi connectivity index (χ1) is 8.49. The summed E-state index contributed by atoms with van der Waals surface area (Å²) in [7, 11) is 1.50. The molecule has 1 aliphatic rings. The lowest BCUT2D eigenvalue weighted by atomic mass is 9.90. The van der Waals surface area contributed by atoms with Gasteiger partial charge in [-0.15, -0.1) is 0 Å². The Bertz CT molecular complexity index is 466. The number of carbonyl (C=O) groups excluding carboxylic acids is 1. The van der Waals surface area contributed by atoms with Crippen LogP contribution in [0.3, 0.4) is 0 Å². The number of benzene rings is 1. The molecular formula is C13H17NO4. The maximum atomic E-state index is 12.1. The molecule has 5 heteroatoms. The number of rotatable bonds is 3. The van der Waals surface area contributed by atoms with Gasteiger partial charge in [0.25, 0.3) is 5.91 Å². The van der Waals surface area contributed by atoms with Crippen LogP contribution in [-0.2, 0) is 0 Å². The lowest BCUT2D eigenvalue weighted by molar-refractivity contribution is -0.0827. The highest BCUT2D eigenvalue weighted by atomic mass is 16.5. The number of aliphatic hydroxyl groups is 1. The number of likely N-dealkylation sites (tertiary alicyclic amines) is 1. The topological polar surface area (TPSA) is 70.0 Å². The second-order valence-corrected chi connectivity index (χ2v) is 4.62. The lowest BCUT2D eigenvalue weighted by Crippen LogP contribution is -2.63. The van der Waals surface area contributed by atoms with Crippen molar-refractivity contribution in [2.75, 3.05) is 20.2 Å². The first-order valence-corrected chi connectivity index (χ1v) is 5.88. The molecule has 0 bridgehead atoms. The van der Waals surface area contributed by atoms with Crippen LogP contribution in [0.25, 0.3) is 0 Å². The molecule has 5 nitrogen and oxygen atoms in total. The summed E-state index contributed by atoms with van der Waals surface area (Å²) >= 11 is 0. The fourth-order valence-electron chi connectivity index (χ4n) is 2.02. The number of phenols is 1. The van der Waals surface area contributed by atoms with Crippen LogP contribution in [0.15, 0.2) is 18.2 Å². The van der Waals surface area contributed by atoms with Gasteiger partial charge in [0.1, 0.15) is 11.5 Å². The summed E-state index contributed by atoms with van der Waals surface area (Å²) in [6.07, 6.45) is 0.612. The average molecular weight is 251 g/mol. The van der Waals surface area contributed by atoms with Gasteiger partial charge in [-0.2, -0.15) is 0 Å². The van der Waals surface area contributed by atoms with Gasteiger partial charge in [-0.1, -0.05) is 6.92 Å². The Morgan fingerprint density at radius 2 is 2.17 bits per heavy atom. The van der Waals surface area contributed by atoms with Crippen LogP contribution in [0.2, 0.25) is 0 Å². The van der Waals surface area contributed by atoms with Gasteiger partial charge in [0.15, 0.2) is 0 Å². The van der Waals surface area contributed by atoms with E-state index in [1.54, 1.807) is 6.07 Å². The quantitative estimate of drug-likeness (QED) is 0.840. The van der Waals surface area contributed by atoms with Gasteiger partial charge in [-0.05, 0) is 24.6 Å². The predicted octanol–water partition coefficient (Wildman–Crippen LogP) is 0.998. The summed E-state index contributed by atoms with van der Waals surface area (Å²) in [4.78, 5) is 13.6. The molecule has 0 atom stereocenters. The first-order valence-electron chi connectivity index (χ1n) is 5.88. The molecule has 0 saturated carbocycles. The molecule has 0 radical (unpaired) electrons. The second kappa shape index (κ2) is 4.49. The van der Waals surface area contributed by atoms with Crippen molar-refractivity contribution in [1.29, 1.82) is 0 Å². The third-order valence-corrected chi connectivity index (χ3v) is 3.35. The number of ether oxygens (including phenoxy) is 1. The molecule has 1 fully saturated rings. The number of aromatic hydroxyl groups is 1. The summed E-state index contributed by atoms with van der Waals surface area (Å²) in [6.45, 7) is 2.49. The molecule has 1 aromatic carbocycles. The van der Waals surface area contributed by atoms with Crippen molar-refractivity contribution >= 4 is 5.91 Å². The molecule has 2 N–H and O–H groups in total. The van der Waals surface area contributed by atoms with Crippen molar-refractivity contribution in [3.63, 3.8) is 0 Å². The number of methoxy groups -OCH3 is 1. The molecule has 1 aliphatic heterocycles. The Morgan fingerprint density at radius 3 is 2.72 bits per heavy atom. The monoisotopic (exact) mass is 251 g/mol. The van der Waals surface area contributed by atoms with Crippen LogP contribution < -0.4 is 4.74 Å². The van der Waals surface area contributed by atoms with E-state index in [0.29, 0.717) is 25.3 Å². The van der Waals surface area contributed by atoms with Gasteiger partial charge in [-0.25, -0.2) is 0 Å². The minimum Gasteiger partial charge on any atom is -0.507 e. The van der Waals surface area contributed by atoms with Gasteiger partial charge < -0.3 is 19.8 Å². The van der Waals surface area contributed by atoms with Crippen LogP contribution in [-0.4, -0.2) is 46.8 Å². The lowest BCUT2D eigenvalue weighted by Gasteiger charge is -2.46. The minimum absolute atomic E-state index is 0.0762. The second-order valence-electron chi connectivity index (χ2n) is 4.62. The fraction of sp³-hybridized carbons (Fsp3) is 0.462. The zero-order valence-electron chi connectivity index (χ0n) is 10.5. The summed E-state index contributed by atoms with van der Waals surface area (Å²) in [5, 5.41) is 19.6. The number of nitrogens with zero attached hydrogens (tertiary/aromatic N) is 1.